The van der Waals surface area contributed by atoms with Crippen molar-refractivity contribution < 1.29 is 24.9 Å². The zero-order valence-corrected chi connectivity index (χ0v) is 5.80. The maximum absolute atomic E-state index is 10.3. The standard InChI is InChI=1S/C6H10O5/c7-3-1-5(6(9)10)11-2-4(3)8/h3-5,7-8H,1-2H2,(H,9,10)/t3-,4-,5-/m0/s1. The van der Waals surface area contributed by atoms with E-state index in [9.17, 15) is 4.79 Å². The van der Waals surface area contributed by atoms with Gasteiger partial charge in [0.1, 0.15) is 6.10 Å². The molecule has 64 valence electrons. The van der Waals surface area contributed by atoms with Crippen molar-refractivity contribution in [1.29, 1.82) is 0 Å². The van der Waals surface area contributed by atoms with Gasteiger partial charge in [0.15, 0.2) is 6.10 Å². The molecule has 0 amide bonds. The van der Waals surface area contributed by atoms with Crippen molar-refractivity contribution in [3.8, 4) is 0 Å². The Kier molecular flexibility index (Phi) is 2.43. The molecule has 1 heterocycles. The molecule has 0 unspecified atom stereocenters. The lowest BCUT2D eigenvalue weighted by atomic mass is 10.0. The Labute approximate surface area is 63.2 Å². The van der Waals surface area contributed by atoms with Gasteiger partial charge in [0.05, 0.1) is 12.7 Å². The molecular weight excluding hydrogens is 152 g/mol. The zero-order valence-electron chi connectivity index (χ0n) is 5.80. The second kappa shape index (κ2) is 3.17. The van der Waals surface area contributed by atoms with Gasteiger partial charge in [-0.05, 0) is 0 Å². The lowest BCUT2D eigenvalue weighted by molar-refractivity contribution is -0.168. The van der Waals surface area contributed by atoms with Crippen molar-refractivity contribution in [3.05, 3.63) is 0 Å². The molecule has 0 aliphatic carbocycles. The van der Waals surface area contributed by atoms with Crippen LogP contribution in [0.3, 0.4) is 0 Å². The Hall–Kier alpha value is -0.650. The highest BCUT2D eigenvalue weighted by Crippen LogP contribution is 2.14. The molecule has 0 radical (unpaired) electrons. The number of aliphatic hydroxyl groups excluding tert-OH is 2. The lowest BCUT2D eigenvalue weighted by Crippen LogP contribution is -2.44. The Balaban J connectivity index is 2.46. The number of aliphatic hydroxyl groups is 2. The number of ether oxygens (including phenoxy) is 1. The van der Waals surface area contributed by atoms with Crippen LogP contribution in [0.1, 0.15) is 6.42 Å². The van der Waals surface area contributed by atoms with Crippen LogP contribution in [0.2, 0.25) is 0 Å². The summed E-state index contributed by atoms with van der Waals surface area (Å²) in [7, 11) is 0. The molecule has 1 saturated heterocycles. The van der Waals surface area contributed by atoms with E-state index < -0.39 is 24.3 Å². The molecule has 5 heteroatoms. The summed E-state index contributed by atoms with van der Waals surface area (Å²) >= 11 is 0. The van der Waals surface area contributed by atoms with Crippen LogP contribution in [0, 0.1) is 0 Å². The summed E-state index contributed by atoms with van der Waals surface area (Å²) in [6.45, 7) is -0.113. The normalized spacial score (nSPS) is 38.5. The van der Waals surface area contributed by atoms with Gasteiger partial charge >= 0.3 is 5.97 Å². The van der Waals surface area contributed by atoms with E-state index in [2.05, 4.69) is 0 Å². The molecule has 0 aromatic heterocycles. The third-order valence-corrected chi connectivity index (χ3v) is 1.64. The summed E-state index contributed by atoms with van der Waals surface area (Å²) in [5.41, 5.74) is 0. The molecule has 0 aromatic carbocycles. The number of carbonyl (C=O) groups is 1. The molecule has 0 aromatic rings. The van der Waals surface area contributed by atoms with Crippen LogP contribution in [0.4, 0.5) is 0 Å². The minimum atomic E-state index is -1.10. The number of hydrogen-bond donors (Lipinski definition) is 3. The maximum Gasteiger partial charge on any atom is 0.332 e. The Morgan fingerprint density at radius 1 is 1.36 bits per heavy atom. The molecule has 3 N–H and O–H groups in total. The fourth-order valence-corrected chi connectivity index (χ4v) is 0.942. The third-order valence-electron chi connectivity index (χ3n) is 1.64. The highest BCUT2D eigenvalue weighted by Gasteiger charge is 2.32. The molecule has 0 spiro atoms. The number of rotatable bonds is 1. The van der Waals surface area contributed by atoms with Gasteiger partial charge in [-0.1, -0.05) is 0 Å². The second-order valence-corrected chi connectivity index (χ2v) is 2.53. The van der Waals surface area contributed by atoms with E-state index in [-0.39, 0.29) is 13.0 Å². The third kappa shape index (κ3) is 1.89. The smallest absolute Gasteiger partial charge is 0.332 e. The minimum Gasteiger partial charge on any atom is -0.479 e. The van der Waals surface area contributed by atoms with Crippen LogP contribution in [-0.4, -0.2) is 46.2 Å². The number of carboxylic acids is 1. The van der Waals surface area contributed by atoms with E-state index in [4.69, 9.17) is 20.1 Å². The largest absolute Gasteiger partial charge is 0.479 e. The monoisotopic (exact) mass is 162 g/mol. The average Bonchev–Trinajstić information content (AvgIpc) is 1.94. The maximum atomic E-state index is 10.3. The van der Waals surface area contributed by atoms with Crippen molar-refractivity contribution >= 4 is 5.97 Å². The molecule has 1 aliphatic rings. The predicted molar refractivity (Wildman–Crippen MR) is 34.0 cm³/mol. The van der Waals surface area contributed by atoms with Gasteiger partial charge in [-0.25, -0.2) is 4.79 Å². The van der Waals surface area contributed by atoms with Crippen LogP contribution in [0.25, 0.3) is 0 Å². The van der Waals surface area contributed by atoms with E-state index in [1.165, 1.54) is 0 Å². The minimum absolute atomic E-state index is 0.0451. The summed E-state index contributed by atoms with van der Waals surface area (Å²) in [6, 6.07) is 0. The highest BCUT2D eigenvalue weighted by molar-refractivity contribution is 5.72. The van der Waals surface area contributed by atoms with Gasteiger partial charge in [0.25, 0.3) is 0 Å². The zero-order chi connectivity index (χ0) is 8.43. The van der Waals surface area contributed by atoms with E-state index >= 15 is 0 Å². The molecular formula is C6H10O5. The quantitative estimate of drug-likeness (QED) is 0.440. The van der Waals surface area contributed by atoms with Gasteiger partial charge in [0, 0.05) is 6.42 Å². The molecule has 1 aliphatic heterocycles. The van der Waals surface area contributed by atoms with Crippen molar-refractivity contribution in [2.45, 2.75) is 24.7 Å². The first-order valence-corrected chi connectivity index (χ1v) is 3.32. The first kappa shape index (κ1) is 8.45. The van der Waals surface area contributed by atoms with Crippen molar-refractivity contribution in [2.24, 2.45) is 0 Å². The van der Waals surface area contributed by atoms with Crippen LogP contribution >= 0.6 is 0 Å². The van der Waals surface area contributed by atoms with Crippen LogP contribution in [0.5, 0.6) is 0 Å². The second-order valence-electron chi connectivity index (χ2n) is 2.53. The average molecular weight is 162 g/mol. The van der Waals surface area contributed by atoms with Crippen LogP contribution < -0.4 is 0 Å². The summed E-state index contributed by atoms with van der Waals surface area (Å²) in [6.07, 6.45) is -2.96. The fraction of sp³-hybridized carbons (Fsp3) is 0.833. The van der Waals surface area contributed by atoms with Gasteiger partial charge in [-0.2, -0.15) is 0 Å². The molecule has 0 bridgehead atoms. The topological polar surface area (TPSA) is 87.0 Å². The van der Waals surface area contributed by atoms with Gasteiger partial charge in [-0.3, -0.25) is 0 Å². The van der Waals surface area contributed by atoms with E-state index in [1.54, 1.807) is 0 Å². The summed E-state index contributed by atoms with van der Waals surface area (Å²) in [4.78, 5) is 10.3. The first-order chi connectivity index (χ1) is 5.11. The predicted octanol–water partition coefficient (Wildman–Crippen LogP) is -1.42. The molecule has 0 saturated carbocycles. The molecule has 11 heavy (non-hydrogen) atoms. The molecule has 1 rings (SSSR count). The Bertz CT molecular complexity index is 157. The Morgan fingerprint density at radius 3 is 2.45 bits per heavy atom. The van der Waals surface area contributed by atoms with E-state index in [1.807, 2.05) is 0 Å². The number of hydrogen-bond acceptors (Lipinski definition) is 4. The summed E-state index contributed by atoms with van der Waals surface area (Å²) in [5.74, 6) is -1.10. The van der Waals surface area contributed by atoms with Crippen molar-refractivity contribution in [3.63, 3.8) is 0 Å². The fourth-order valence-electron chi connectivity index (χ4n) is 0.942. The number of carboxylic acid groups (broad SMARTS) is 1. The van der Waals surface area contributed by atoms with Crippen LogP contribution in [0.15, 0.2) is 0 Å². The van der Waals surface area contributed by atoms with E-state index in [0.717, 1.165) is 0 Å². The van der Waals surface area contributed by atoms with Gasteiger partial charge in [-0.15, -0.1) is 0 Å². The van der Waals surface area contributed by atoms with E-state index in [0.29, 0.717) is 0 Å². The van der Waals surface area contributed by atoms with Gasteiger partial charge < -0.3 is 20.1 Å². The molecule has 3 atom stereocenters. The molecule has 1 fully saturated rings. The van der Waals surface area contributed by atoms with Crippen LogP contribution in [-0.2, 0) is 9.53 Å². The SMILES string of the molecule is O=C(O)[C@@H]1C[C@H](O)[C@@H](O)CO1. The number of aliphatic carboxylic acids is 1. The van der Waals surface area contributed by atoms with Gasteiger partial charge in [0.2, 0.25) is 0 Å². The summed E-state index contributed by atoms with van der Waals surface area (Å²) < 4.78 is 4.71. The molecule has 5 nitrogen and oxygen atoms in total. The highest BCUT2D eigenvalue weighted by atomic mass is 16.5. The summed E-state index contributed by atoms with van der Waals surface area (Å²) in [5, 5.41) is 26.3. The van der Waals surface area contributed by atoms with Crippen molar-refractivity contribution in [1.82, 2.24) is 0 Å². The first-order valence-electron chi connectivity index (χ1n) is 3.32. The van der Waals surface area contributed by atoms with Crippen molar-refractivity contribution in [2.75, 3.05) is 6.61 Å². The Morgan fingerprint density at radius 2 is 2.00 bits per heavy atom. The lowest BCUT2D eigenvalue weighted by Gasteiger charge is -2.27.